The monoisotopic (exact) mass is 383 g/mol. The lowest BCUT2D eigenvalue weighted by molar-refractivity contribution is -0.134. The van der Waals surface area contributed by atoms with Crippen LogP contribution in [-0.4, -0.2) is 63.0 Å². The van der Waals surface area contributed by atoms with Gasteiger partial charge >= 0.3 is 5.97 Å². The molecule has 0 aromatic heterocycles. The molecule has 1 fully saturated rings. The standard InChI is InChI=1S/C18H25NO6S/c1-13(2)10-24-16-6-4-14(5-7-16)18(21)25-11-17(20)19(3)15-8-9-26(22,23)12-15/h4-7,13,15H,8-12H2,1-3H3/t15-/m1/s1. The molecule has 26 heavy (non-hydrogen) atoms. The van der Waals surface area contributed by atoms with Crippen molar-refractivity contribution in [3.05, 3.63) is 29.8 Å². The van der Waals surface area contributed by atoms with E-state index in [4.69, 9.17) is 9.47 Å². The van der Waals surface area contributed by atoms with Gasteiger partial charge in [0.05, 0.1) is 23.7 Å². The normalized spacial score (nSPS) is 18.5. The van der Waals surface area contributed by atoms with Crippen LogP contribution in [0.25, 0.3) is 0 Å². The molecule has 1 aromatic rings. The van der Waals surface area contributed by atoms with Gasteiger partial charge in [-0.3, -0.25) is 4.79 Å². The third-order valence-corrected chi connectivity index (χ3v) is 5.90. The van der Waals surface area contributed by atoms with E-state index in [2.05, 4.69) is 0 Å². The molecule has 0 bridgehead atoms. The predicted octanol–water partition coefficient (Wildman–Crippen LogP) is 1.52. The Morgan fingerprint density at radius 3 is 2.42 bits per heavy atom. The third kappa shape index (κ3) is 5.72. The largest absolute Gasteiger partial charge is 0.493 e. The molecule has 0 N–H and O–H groups in total. The number of likely N-dealkylation sites (N-methyl/N-ethyl adjacent to an activating group) is 1. The number of carbonyl (C=O) groups is 2. The summed E-state index contributed by atoms with van der Waals surface area (Å²) in [6.45, 7) is 4.25. The summed E-state index contributed by atoms with van der Waals surface area (Å²) >= 11 is 0. The smallest absolute Gasteiger partial charge is 0.338 e. The maximum Gasteiger partial charge on any atom is 0.338 e. The molecule has 0 saturated carbocycles. The second-order valence-corrected chi connectivity index (χ2v) is 9.10. The number of ether oxygens (including phenoxy) is 2. The second-order valence-electron chi connectivity index (χ2n) is 6.87. The molecule has 1 aliphatic rings. The van der Waals surface area contributed by atoms with Crippen LogP contribution in [0.3, 0.4) is 0 Å². The van der Waals surface area contributed by atoms with Gasteiger partial charge in [-0.1, -0.05) is 13.8 Å². The van der Waals surface area contributed by atoms with Crippen LogP contribution in [0.5, 0.6) is 5.75 Å². The minimum Gasteiger partial charge on any atom is -0.493 e. The Morgan fingerprint density at radius 2 is 1.88 bits per heavy atom. The molecule has 1 aromatic carbocycles. The van der Waals surface area contributed by atoms with Gasteiger partial charge in [-0.05, 0) is 36.6 Å². The number of amides is 1. The highest BCUT2D eigenvalue weighted by atomic mass is 32.2. The number of hydrogen-bond acceptors (Lipinski definition) is 6. The highest BCUT2D eigenvalue weighted by Crippen LogP contribution is 2.17. The van der Waals surface area contributed by atoms with E-state index in [0.29, 0.717) is 30.3 Å². The summed E-state index contributed by atoms with van der Waals surface area (Å²) < 4.78 is 33.6. The first-order chi connectivity index (χ1) is 12.2. The molecule has 0 spiro atoms. The average molecular weight is 383 g/mol. The van der Waals surface area contributed by atoms with Crippen molar-refractivity contribution in [1.82, 2.24) is 4.90 Å². The van der Waals surface area contributed by atoms with Crippen LogP contribution in [0, 0.1) is 5.92 Å². The van der Waals surface area contributed by atoms with Gasteiger partial charge < -0.3 is 14.4 Å². The van der Waals surface area contributed by atoms with Crippen molar-refractivity contribution in [2.75, 3.05) is 31.8 Å². The van der Waals surface area contributed by atoms with E-state index in [1.54, 1.807) is 24.3 Å². The van der Waals surface area contributed by atoms with Crippen LogP contribution in [0.4, 0.5) is 0 Å². The van der Waals surface area contributed by atoms with E-state index in [-0.39, 0.29) is 17.5 Å². The SMILES string of the molecule is CC(C)COc1ccc(C(=O)OCC(=O)N(C)[C@@H]2CCS(=O)(=O)C2)cc1. The minimum absolute atomic E-state index is 0.0406. The Hall–Kier alpha value is -2.09. The average Bonchev–Trinajstić information content (AvgIpc) is 2.97. The Balaban J connectivity index is 1.83. The fraction of sp³-hybridized carbons (Fsp3) is 0.556. The molecular weight excluding hydrogens is 358 g/mol. The molecular formula is C18H25NO6S. The van der Waals surface area contributed by atoms with Crippen LogP contribution < -0.4 is 4.74 Å². The Bertz CT molecular complexity index is 741. The Labute approximate surface area is 154 Å². The van der Waals surface area contributed by atoms with Gasteiger partial charge in [-0.25, -0.2) is 13.2 Å². The van der Waals surface area contributed by atoms with Gasteiger partial charge in [0.15, 0.2) is 16.4 Å². The second kappa shape index (κ2) is 8.53. The summed E-state index contributed by atoms with van der Waals surface area (Å²) in [4.78, 5) is 25.5. The summed E-state index contributed by atoms with van der Waals surface area (Å²) in [5.74, 6) is 0.0750. The first kappa shape index (κ1) is 20.2. The molecule has 0 unspecified atom stereocenters. The summed E-state index contributed by atoms with van der Waals surface area (Å²) in [5, 5.41) is 0. The van der Waals surface area contributed by atoms with Gasteiger partial charge in [0, 0.05) is 13.1 Å². The quantitative estimate of drug-likeness (QED) is 0.663. The number of rotatable bonds is 7. The zero-order valence-corrected chi connectivity index (χ0v) is 16.1. The van der Waals surface area contributed by atoms with Crippen molar-refractivity contribution in [3.63, 3.8) is 0 Å². The van der Waals surface area contributed by atoms with Crippen LogP contribution >= 0.6 is 0 Å². The third-order valence-electron chi connectivity index (χ3n) is 4.15. The van der Waals surface area contributed by atoms with Crippen molar-refractivity contribution < 1.29 is 27.5 Å². The lowest BCUT2D eigenvalue weighted by Crippen LogP contribution is -2.40. The lowest BCUT2D eigenvalue weighted by Gasteiger charge is -2.23. The molecule has 0 aliphatic carbocycles. The maximum absolute atomic E-state index is 12.1. The van der Waals surface area contributed by atoms with Crippen molar-refractivity contribution in [2.24, 2.45) is 5.92 Å². The van der Waals surface area contributed by atoms with Crippen LogP contribution in [0.1, 0.15) is 30.6 Å². The number of esters is 1. The molecule has 2 rings (SSSR count). The van der Waals surface area contributed by atoms with Gasteiger partial charge in [0.25, 0.3) is 5.91 Å². The molecule has 1 aliphatic heterocycles. The number of nitrogens with zero attached hydrogens (tertiary/aromatic N) is 1. The van der Waals surface area contributed by atoms with Gasteiger partial charge in [0.1, 0.15) is 5.75 Å². The van der Waals surface area contributed by atoms with Crippen LogP contribution in [0.15, 0.2) is 24.3 Å². The van der Waals surface area contributed by atoms with Crippen molar-refractivity contribution in [2.45, 2.75) is 26.3 Å². The molecule has 144 valence electrons. The summed E-state index contributed by atoms with van der Waals surface area (Å²) in [6.07, 6.45) is 0.413. The van der Waals surface area contributed by atoms with E-state index in [1.807, 2.05) is 13.8 Å². The van der Waals surface area contributed by atoms with E-state index in [1.165, 1.54) is 11.9 Å². The molecule has 8 heteroatoms. The molecule has 7 nitrogen and oxygen atoms in total. The first-order valence-corrected chi connectivity index (χ1v) is 10.4. The number of hydrogen-bond donors (Lipinski definition) is 0. The molecule has 1 amide bonds. The number of benzene rings is 1. The first-order valence-electron chi connectivity index (χ1n) is 8.54. The Morgan fingerprint density at radius 1 is 1.23 bits per heavy atom. The topological polar surface area (TPSA) is 90.0 Å². The Kier molecular flexibility index (Phi) is 6.63. The van der Waals surface area contributed by atoms with E-state index >= 15 is 0 Å². The number of sulfone groups is 1. The van der Waals surface area contributed by atoms with E-state index < -0.39 is 28.3 Å². The number of carbonyl (C=O) groups excluding carboxylic acids is 2. The summed E-state index contributed by atoms with van der Waals surface area (Å²) in [5.41, 5.74) is 0.320. The fourth-order valence-electron chi connectivity index (χ4n) is 2.55. The van der Waals surface area contributed by atoms with Crippen LogP contribution in [-0.2, 0) is 19.4 Å². The van der Waals surface area contributed by atoms with Crippen molar-refractivity contribution in [3.8, 4) is 5.75 Å². The molecule has 1 atom stereocenters. The van der Waals surface area contributed by atoms with E-state index in [9.17, 15) is 18.0 Å². The highest BCUT2D eigenvalue weighted by molar-refractivity contribution is 7.91. The zero-order chi connectivity index (χ0) is 19.3. The van der Waals surface area contributed by atoms with Gasteiger partial charge in [-0.15, -0.1) is 0 Å². The zero-order valence-electron chi connectivity index (χ0n) is 15.3. The van der Waals surface area contributed by atoms with Gasteiger partial charge in [-0.2, -0.15) is 0 Å². The van der Waals surface area contributed by atoms with Crippen LogP contribution in [0.2, 0.25) is 0 Å². The van der Waals surface area contributed by atoms with Crippen molar-refractivity contribution in [1.29, 1.82) is 0 Å². The maximum atomic E-state index is 12.1. The predicted molar refractivity (Wildman–Crippen MR) is 96.9 cm³/mol. The molecule has 1 saturated heterocycles. The fourth-order valence-corrected chi connectivity index (χ4v) is 4.32. The summed E-state index contributed by atoms with van der Waals surface area (Å²) in [6, 6.07) is 6.15. The van der Waals surface area contributed by atoms with Gasteiger partial charge in [0.2, 0.25) is 0 Å². The lowest BCUT2D eigenvalue weighted by atomic mass is 10.2. The summed E-state index contributed by atoms with van der Waals surface area (Å²) in [7, 11) is -1.55. The highest BCUT2D eigenvalue weighted by Gasteiger charge is 2.32. The molecule has 1 heterocycles. The minimum atomic E-state index is -3.08. The molecule has 0 radical (unpaired) electrons. The van der Waals surface area contributed by atoms with E-state index in [0.717, 1.165) is 0 Å². The van der Waals surface area contributed by atoms with Crippen molar-refractivity contribution >= 4 is 21.7 Å².